The molecule has 0 bridgehead atoms. The van der Waals surface area contributed by atoms with Gasteiger partial charge < -0.3 is 9.15 Å². The predicted molar refractivity (Wildman–Crippen MR) is 58.2 cm³/mol. The van der Waals surface area contributed by atoms with E-state index in [1.54, 1.807) is 13.2 Å². The number of carbonyl (C=O) groups excluding carboxylic acids is 1. The van der Waals surface area contributed by atoms with Gasteiger partial charge in [0.1, 0.15) is 5.76 Å². The van der Waals surface area contributed by atoms with E-state index < -0.39 is 0 Å². The summed E-state index contributed by atoms with van der Waals surface area (Å²) >= 11 is 0. The van der Waals surface area contributed by atoms with Crippen LogP contribution in [0.25, 0.3) is 5.57 Å². The van der Waals surface area contributed by atoms with Gasteiger partial charge in [-0.2, -0.15) is 0 Å². The van der Waals surface area contributed by atoms with Gasteiger partial charge in [0, 0.05) is 5.57 Å². The molecule has 3 nitrogen and oxygen atoms in total. The second-order valence-corrected chi connectivity index (χ2v) is 3.44. The van der Waals surface area contributed by atoms with E-state index in [2.05, 4.69) is 0 Å². The second kappa shape index (κ2) is 5.39. The van der Waals surface area contributed by atoms with Crippen molar-refractivity contribution in [3.05, 3.63) is 29.7 Å². The molecule has 0 N–H and O–H groups in total. The fourth-order valence-corrected chi connectivity index (χ4v) is 1.32. The number of ether oxygens (including phenoxy) is 1. The summed E-state index contributed by atoms with van der Waals surface area (Å²) in [5.74, 6) is 0.521. The molecule has 0 spiro atoms. The summed E-state index contributed by atoms with van der Waals surface area (Å²) in [6, 6.07) is 3.66. The Labute approximate surface area is 89.7 Å². The van der Waals surface area contributed by atoms with Crippen LogP contribution in [0.2, 0.25) is 0 Å². The van der Waals surface area contributed by atoms with E-state index in [0.717, 1.165) is 16.9 Å². The first-order chi connectivity index (χ1) is 7.15. The Morgan fingerprint density at radius 2 is 2.20 bits per heavy atom. The van der Waals surface area contributed by atoms with E-state index in [9.17, 15) is 4.79 Å². The minimum Gasteiger partial charge on any atom is -0.466 e. The largest absolute Gasteiger partial charge is 0.466 e. The van der Waals surface area contributed by atoms with Crippen molar-refractivity contribution in [3.8, 4) is 0 Å². The van der Waals surface area contributed by atoms with Crippen molar-refractivity contribution in [1.29, 1.82) is 0 Å². The van der Waals surface area contributed by atoms with E-state index in [-0.39, 0.29) is 12.4 Å². The molecular formula is C12H16O3. The number of hydrogen-bond acceptors (Lipinski definition) is 3. The third-order valence-electron chi connectivity index (χ3n) is 2.05. The van der Waals surface area contributed by atoms with Crippen LogP contribution in [0, 0.1) is 0 Å². The predicted octanol–water partition coefficient (Wildman–Crippen LogP) is 3.03. The molecule has 0 unspecified atom stereocenters. The average Bonchev–Trinajstić information content (AvgIpc) is 2.66. The number of furan rings is 1. The normalized spacial score (nSPS) is 9.80. The van der Waals surface area contributed by atoms with Gasteiger partial charge in [0.15, 0.2) is 0 Å². The van der Waals surface area contributed by atoms with E-state index in [0.29, 0.717) is 6.61 Å². The number of esters is 1. The van der Waals surface area contributed by atoms with Gasteiger partial charge in [0.2, 0.25) is 0 Å². The Bertz CT molecular complexity index is 343. The van der Waals surface area contributed by atoms with Crippen LogP contribution in [-0.2, 0) is 9.53 Å². The monoisotopic (exact) mass is 208 g/mol. The fourth-order valence-electron chi connectivity index (χ4n) is 1.32. The van der Waals surface area contributed by atoms with E-state index in [1.165, 1.54) is 0 Å². The fraction of sp³-hybridized carbons (Fsp3) is 0.417. The molecular weight excluding hydrogens is 192 g/mol. The van der Waals surface area contributed by atoms with Gasteiger partial charge in [-0.3, -0.25) is 4.79 Å². The van der Waals surface area contributed by atoms with Crippen LogP contribution in [0.15, 0.2) is 28.4 Å². The summed E-state index contributed by atoms with van der Waals surface area (Å²) < 4.78 is 10.2. The second-order valence-electron chi connectivity index (χ2n) is 3.44. The lowest BCUT2D eigenvalue weighted by molar-refractivity contribution is -0.141. The highest BCUT2D eigenvalue weighted by Gasteiger charge is 2.12. The van der Waals surface area contributed by atoms with Crippen molar-refractivity contribution in [2.75, 3.05) is 6.61 Å². The first-order valence-electron chi connectivity index (χ1n) is 5.01. The van der Waals surface area contributed by atoms with Gasteiger partial charge in [0.05, 0.1) is 19.3 Å². The van der Waals surface area contributed by atoms with Crippen LogP contribution in [0.3, 0.4) is 0 Å². The van der Waals surface area contributed by atoms with Gasteiger partial charge in [-0.1, -0.05) is 5.57 Å². The summed E-state index contributed by atoms with van der Waals surface area (Å²) in [6.07, 6.45) is 1.87. The third kappa shape index (κ3) is 3.27. The molecule has 0 atom stereocenters. The lowest BCUT2D eigenvalue weighted by Gasteiger charge is -2.06. The maximum absolute atomic E-state index is 11.4. The summed E-state index contributed by atoms with van der Waals surface area (Å²) in [4.78, 5) is 11.4. The number of rotatable bonds is 4. The molecule has 0 saturated carbocycles. The Morgan fingerprint density at radius 1 is 1.47 bits per heavy atom. The third-order valence-corrected chi connectivity index (χ3v) is 2.05. The van der Waals surface area contributed by atoms with Gasteiger partial charge in [-0.25, -0.2) is 0 Å². The summed E-state index contributed by atoms with van der Waals surface area (Å²) in [7, 11) is 0. The minimum absolute atomic E-state index is 0.218. The van der Waals surface area contributed by atoms with Crippen LogP contribution in [0.4, 0.5) is 0 Å². The first kappa shape index (κ1) is 11.6. The number of carbonyl (C=O) groups is 1. The van der Waals surface area contributed by atoms with Crippen LogP contribution in [0.1, 0.15) is 33.0 Å². The van der Waals surface area contributed by atoms with Crippen LogP contribution in [-0.4, -0.2) is 12.6 Å². The molecule has 0 aliphatic heterocycles. The standard InChI is InChI=1S/C12H16O3/c1-4-14-12(13)8-10(9(2)3)11-6-5-7-15-11/h5-7H,4,8H2,1-3H3. The zero-order valence-electron chi connectivity index (χ0n) is 9.37. The van der Waals surface area contributed by atoms with Crippen molar-refractivity contribution in [2.45, 2.75) is 27.2 Å². The van der Waals surface area contributed by atoms with Crippen LogP contribution in [0.5, 0.6) is 0 Å². The van der Waals surface area contributed by atoms with Crippen LogP contribution >= 0.6 is 0 Å². The Kier molecular flexibility index (Phi) is 4.16. The summed E-state index contributed by atoms with van der Waals surface area (Å²) in [5, 5.41) is 0. The molecule has 0 radical (unpaired) electrons. The smallest absolute Gasteiger partial charge is 0.310 e. The minimum atomic E-state index is -0.218. The average molecular weight is 208 g/mol. The van der Waals surface area contributed by atoms with E-state index >= 15 is 0 Å². The van der Waals surface area contributed by atoms with Crippen molar-refractivity contribution in [1.82, 2.24) is 0 Å². The van der Waals surface area contributed by atoms with Crippen LogP contribution < -0.4 is 0 Å². The highest BCUT2D eigenvalue weighted by Crippen LogP contribution is 2.23. The van der Waals surface area contributed by atoms with Crippen molar-refractivity contribution in [2.24, 2.45) is 0 Å². The number of hydrogen-bond donors (Lipinski definition) is 0. The SMILES string of the molecule is CCOC(=O)CC(=C(C)C)c1ccco1. The van der Waals surface area contributed by atoms with Gasteiger partial charge in [-0.15, -0.1) is 0 Å². The van der Waals surface area contributed by atoms with Gasteiger partial charge in [0.25, 0.3) is 0 Å². The van der Waals surface area contributed by atoms with Crippen molar-refractivity contribution < 1.29 is 13.9 Å². The first-order valence-corrected chi connectivity index (χ1v) is 5.01. The highest BCUT2D eigenvalue weighted by molar-refractivity contribution is 5.84. The molecule has 0 aliphatic carbocycles. The summed E-state index contributed by atoms with van der Waals surface area (Å²) in [6.45, 7) is 6.12. The molecule has 0 saturated heterocycles. The van der Waals surface area contributed by atoms with Gasteiger partial charge in [-0.05, 0) is 32.9 Å². The van der Waals surface area contributed by atoms with Crippen molar-refractivity contribution >= 4 is 11.5 Å². The lowest BCUT2D eigenvalue weighted by Crippen LogP contribution is -2.05. The molecule has 1 heterocycles. The van der Waals surface area contributed by atoms with Crippen molar-refractivity contribution in [3.63, 3.8) is 0 Å². The zero-order chi connectivity index (χ0) is 11.3. The van der Waals surface area contributed by atoms with E-state index in [4.69, 9.17) is 9.15 Å². The van der Waals surface area contributed by atoms with E-state index in [1.807, 2.05) is 26.0 Å². The molecule has 82 valence electrons. The summed E-state index contributed by atoms with van der Waals surface area (Å²) in [5.41, 5.74) is 1.97. The molecule has 0 aliphatic rings. The molecule has 3 heteroatoms. The molecule has 15 heavy (non-hydrogen) atoms. The Hall–Kier alpha value is -1.51. The molecule has 1 aromatic rings. The maximum Gasteiger partial charge on any atom is 0.310 e. The molecule has 1 rings (SSSR count). The molecule has 1 aromatic heterocycles. The maximum atomic E-state index is 11.4. The molecule has 0 fully saturated rings. The number of allylic oxidation sites excluding steroid dienone is 1. The topological polar surface area (TPSA) is 39.4 Å². The molecule has 0 aromatic carbocycles. The molecule has 0 amide bonds. The Morgan fingerprint density at radius 3 is 2.67 bits per heavy atom. The quantitative estimate of drug-likeness (QED) is 0.714. The highest BCUT2D eigenvalue weighted by atomic mass is 16.5. The van der Waals surface area contributed by atoms with Gasteiger partial charge >= 0.3 is 5.97 Å². The lowest BCUT2D eigenvalue weighted by atomic mass is 10.1. The zero-order valence-corrected chi connectivity index (χ0v) is 9.37. The Balaban J connectivity index is 2.79.